The second kappa shape index (κ2) is 6.38. The third-order valence-corrected chi connectivity index (χ3v) is 4.39. The van der Waals surface area contributed by atoms with Gasteiger partial charge < -0.3 is 4.52 Å². The molecule has 9 heteroatoms. The van der Waals surface area contributed by atoms with Gasteiger partial charge in [0, 0.05) is 22.9 Å². The van der Waals surface area contributed by atoms with Gasteiger partial charge in [-0.1, -0.05) is 12.1 Å². The van der Waals surface area contributed by atoms with Crippen LogP contribution < -0.4 is 0 Å². The van der Waals surface area contributed by atoms with E-state index in [1.165, 1.54) is 0 Å². The van der Waals surface area contributed by atoms with Crippen molar-refractivity contribution in [3.05, 3.63) is 21.8 Å². The molecule has 0 aromatic carbocycles. The predicted octanol–water partition coefficient (Wildman–Crippen LogP) is 1.59. The highest BCUT2D eigenvalue weighted by atomic mass is 79.9. The van der Waals surface area contributed by atoms with E-state index in [-0.39, 0.29) is 0 Å². The third kappa shape index (κ3) is 3.47. The topological polar surface area (TPSA) is 86.7 Å². The summed E-state index contributed by atoms with van der Waals surface area (Å²) in [4.78, 5) is 0. The van der Waals surface area contributed by atoms with E-state index < -0.39 is 10.8 Å². The lowest BCUT2D eigenvalue weighted by atomic mass is 10.3. The molecule has 1 unspecified atom stereocenters. The SMILES string of the molecule is CCCn1nnnc1CS(=O)Cc1c(Br)noc1C. The zero-order chi connectivity index (χ0) is 13.8. The number of nitrogens with zero attached hydrogens (tertiary/aromatic N) is 5. The van der Waals surface area contributed by atoms with Crippen LogP contribution in [0.25, 0.3) is 0 Å². The average Bonchev–Trinajstić information content (AvgIpc) is 2.92. The van der Waals surface area contributed by atoms with E-state index in [4.69, 9.17) is 4.52 Å². The minimum absolute atomic E-state index is 0.323. The average molecular weight is 348 g/mol. The fourth-order valence-electron chi connectivity index (χ4n) is 1.59. The summed E-state index contributed by atoms with van der Waals surface area (Å²) < 4.78 is 19.5. The molecule has 1 atom stereocenters. The van der Waals surface area contributed by atoms with Gasteiger partial charge >= 0.3 is 0 Å². The molecule has 104 valence electrons. The van der Waals surface area contributed by atoms with Crippen molar-refractivity contribution in [2.75, 3.05) is 0 Å². The van der Waals surface area contributed by atoms with E-state index >= 15 is 0 Å². The summed E-state index contributed by atoms with van der Waals surface area (Å²) in [6.07, 6.45) is 0.932. The molecule has 0 amide bonds. The minimum Gasteiger partial charge on any atom is -0.360 e. The van der Waals surface area contributed by atoms with Gasteiger partial charge in [-0.05, 0) is 39.7 Å². The maximum Gasteiger partial charge on any atom is 0.163 e. The Morgan fingerprint density at radius 2 is 2.21 bits per heavy atom. The molecule has 0 fully saturated rings. The number of hydrogen-bond donors (Lipinski definition) is 0. The standard InChI is InChI=1S/C10H14BrN5O2S/c1-3-4-16-9(12-14-15-16)6-19(17)5-8-7(2)18-13-10(8)11/h3-6H2,1-2H3. The second-order valence-electron chi connectivity index (χ2n) is 4.05. The van der Waals surface area contributed by atoms with Crippen LogP contribution in [0, 0.1) is 6.92 Å². The molecule has 0 aliphatic rings. The van der Waals surface area contributed by atoms with Crippen LogP contribution in [0.2, 0.25) is 0 Å². The van der Waals surface area contributed by atoms with Crippen molar-refractivity contribution >= 4 is 26.7 Å². The number of aryl methyl sites for hydroxylation is 2. The van der Waals surface area contributed by atoms with Crippen LogP contribution in [0.5, 0.6) is 0 Å². The van der Waals surface area contributed by atoms with E-state index in [2.05, 4.69) is 36.6 Å². The Kier molecular flexibility index (Phi) is 4.81. The lowest BCUT2D eigenvalue weighted by Gasteiger charge is -2.03. The molecule has 0 aliphatic carbocycles. The van der Waals surface area contributed by atoms with Crippen molar-refractivity contribution < 1.29 is 8.73 Å². The first-order chi connectivity index (χ1) is 9.11. The maximum absolute atomic E-state index is 12.2. The zero-order valence-corrected chi connectivity index (χ0v) is 13.1. The van der Waals surface area contributed by atoms with Gasteiger partial charge in [0.2, 0.25) is 0 Å². The highest BCUT2D eigenvalue weighted by Gasteiger charge is 2.16. The van der Waals surface area contributed by atoms with Crippen molar-refractivity contribution in [2.24, 2.45) is 0 Å². The lowest BCUT2D eigenvalue weighted by molar-refractivity contribution is 0.393. The normalized spacial score (nSPS) is 12.8. The van der Waals surface area contributed by atoms with Crippen LogP contribution in [0.4, 0.5) is 0 Å². The van der Waals surface area contributed by atoms with Crippen molar-refractivity contribution in [1.29, 1.82) is 0 Å². The van der Waals surface area contributed by atoms with Crippen LogP contribution in [-0.4, -0.2) is 29.6 Å². The number of aromatic nitrogens is 5. The number of tetrazole rings is 1. The summed E-state index contributed by atoms with van der Waals surface area (Å²) in [6, 6.07) is 0. The van der Waals surface area contributed by atoms with Crippen LogP contribution in [0.1, 0.15) is 30.5 Å². The fourth-order valence-corrected chi connectivity index (χ4v) is 3.53. The first kappa shape index (κ1) is 14.3. The predicted molar refractivity (Wildman–Crippen MR) is 72.6 cm³/mol. The molecule has 0 spiro atoms. The lowest BCUT2D eigenvalue weighted by Crippen LogP contribution is -2.09. The molecule has 0 saturated heterocycles. The molecule has 2 rings (SSSR count). The fraction of sp³-hybridized carbons (Fsp3) is 0.600. The largest absolute Gasteiger partial charge is 0.360 e. The third-order valence-electron chi connectivity index (χ3n) is 2.57. The van der Waals surface area contributed by atoms with Gasteiger partial charge in [-0.25, -0.2) is 4.68 Å². The van der Waals surface area contributed by atoms with Gasteiger partial charge in [0.25, 0.3) is 0 Å². The molecule has 0 aliphatic heterocycles. The Morgan fingerprint density at radius 3 is 2.84 bits per heavy atom. The Labute approximate surface area is 121 Å². The second-order valence-corrected chi connectivity index (χ2v) is 6.26. The smallest absolute Gasteiger partial charge is 0.163 e. The molecular weight excluding hydrogens is 334 g/mol. The van der Waals surface area contributed by atoms with Crippen LogP contribution in [0.3, 0.4) is 0 Å². The van der Waals surface area contributed by atoms with E-state index in [0.717, 1.165) is 18.5 Å². The van der Waals surface area contributed by atoms with Crippen LogP contribution >= 0.6 is 15.9 Å². The minimum atomic E-state index is -1.11. The van der Waals surface area contributed by atoms with Crippen LogP contribution in [0.15, 0.2) is 9.13 Å². The summed E-state index contributed by atoms with van der Waals surface area (Å²) in [5, 5.41) is 15.2. The molecule has 2 aromatic heterocycles. The van der Waals surface area contributed by atoms with Crippen molar-refractivity contribution in [3.8, 4) is 0 Å². The summed E-state index contributed by atoms with van der Waals surface area (Å²) in [7, 11) is -1.11. The summed E-state index contributed by atoms with van der Waals surface area (Å²) in [5.74, 6) is 2.01. The monoisotopic (exact) mass is 347 g/mol. The summed E-state index contributed by atoms with van der Waals surface area (Å²) in [6.45, 7) is 4.57. The summed E-state index contributed by atoms with van der Waals surface area (Å²) in [5.41, 5.74) is 0.827. The first-order valence-corrected chi connectivity index (χ1v) is 8.10. The van der Waals surface area contributed by atoms with E-state index in [0.29, 0.717) is 27.7 Å². The van der Waals surface area contributed by atoms with Gasteiger partial charge in [-0.3, -0.25) is 4.21 Å². The van der Waals surface area contributed by atoms with Gasteiger partial charge in [0.05, 0.1) is 11.5 Å². The number of hydrogen-bond acceptors (Lipinski definition) is 6. The number of rotatable bonds is 6. The van der Waals surface area contributed by atoms with Crippen molar-refractivity contribution in [2.45, 2.75) is 38.3 Å². The molecule has 0 N–H and O–H groups in total. The Morgan fingerprint density at radius 1 is 1.42 bits per heavy atom. The Balaban J connectivity index is 2.03. The van der Waals surface area contributed by atoms with Gasteiger partial charge in [-0.15, -0.1) is 5.10 Å². The maximum atomic E-state index is 12.2. The molecule has 19 heavy (non-hydrogen) atoms. The van der Waals surface area contributed by atoms with Crippen molar-refractivity contribution in [3.63, 3.8) is 0 Å². The van der Waals surface area contributed by atoms with Gasteiger partial charge in [0.15, 0.2) is 10.4 Å². The molecule has 7 nitrogen and oxygen atoms in total. The van der Waals surface area contributed by atoms with Crippen molar-refractivity contribution in [1.82, 2.24) is 25.4 Å². The van der Waals surface area contributed by atoms with E-state index in [9.17, 15) is 4.21 Å². The van der Waals surface area contributed by atoms with Gasteiger partial charge in [-0.2, -0.15) is 0 Å². The number of halogens is 1. The highest BCUT2D eigenvalue weighted by molar-refractivity contribution is 9.10. The molecule has 0 bridgehead atoms. The molecular formula is C10H14BrN5O2S. The Bertz CT molecular complexity index is 563. The molecule has 2 aromatic rings. The quantitative estimate of drug-likeness (QED) is 0.788. The van der Waals surface area contributed by atoms with Crippen LogP contribution in [-0.2, 0) is 28.9 Å². The molecule has 2 heterocycles. The van der Waals surface area contributed by atoms with E-state index in [1.54, 1.807) is 11.6 Å². The summed E-state index contributed by atoms with van der Waals surface area (Å²) >= 11 is 3.28. The molecule has 0 saturated carbocycles. The van der Waals surface area contributed by atoms with Gasteiger partial charge in [0.1, 0.15) is 5.76 Å². The molecule has 0 radical (unpaired) electrons. The first-order valence-electron chi connectivity index (χ1n) is 5.82. The van der Waals surface area contributed by atoms with E-state index in [1.807, 2.05) is 6.92 Å². The highest BCUT2D eigenvalue weighted by Crippen LogP contribution is 2.21. The zero-order valence-electron chi connectivity index (χ0n) is 10.7. The Hall–Kier alpha value is -1.09.